The lowest BCUT2D eigenvalue weighted by atomic mass is 10.3. The van der Waals surface area contributed by atoms with Crippen molar-refractivity contribution in [2.75, 3.05) is 13.1 Å². The maximum absolute atomic E-state index is 11.7. The van der Waals surface area contributed by atoms with Crippen molar-refractivity contribution in [2.45, 2.75) is 6.42 Å². The highest BCUT2D eigenvalue weighted by Gasteiger charge is 2.10. The molecule has 0 radical (unpaired) electrons. The van der Waals surface area contributed by atoms with Crippen molar-refractivity contribution in [2.24, 2.45) is 5.73 Å². The van der Waals surface area contributed by atoms with E-state index in [1.807, 2.05) is 17.5 Å². The Kier molecular flexibility index (Phi) is 5.84. The molecular formula is C11H15ClN4OS. The van der Waals surface area contributed by atoms with Crippen LogP contribution < -0.4 is 11.1 Å². The molecule has 2 heterocycles. The van der Waals surface area contributed by atoms with Crippen molar-refractivity contribution in [1.82, 2.24) is 15.5 Å². The SMILES string of the molecule is Cl.NCCCNC(=O)c1cc(-c2cccs2)[nH]n1. The molecule has 0 aliphatic rings. The Hall–Kier alpha value is -1.37. The number of H-pyrrole nitrogens is 1. The molecule has 0 aliphatic heterocycles. The van der Waals surface area contributed by atoms with Crippen LogP contribution in [0.25, 0.3) is 10.6 Å². The molecule has 2 aromatic rings. The van der Waals surface area contributed by atoms with E-state index in [0.29, 0.717) is 18.8 Å². The summed E-state index contributed by atoms with van der Waals surface area (Å²) >= 11 is 1.60. The number of aromatic amines is 1. The fourth-order valence-electron chi connectivity index (χ4n) is 1.39. The van der Waals surface area contributed by atoms with Crippen LogP contribution in [0.15, 0.2) is 23.6 Å². The highest BCUT2D eigenvalue weighted by Crippen LogP contribution is 2.22. The van der Waals surface area contributed by atoms with Gasteiger partial charge in [0.05, 0.1) is 10.6 Å². The molecule has 2 aromatic heterocycles. The highest BCUT2D eigenvalue weighted by atomic mass is 35.5. The number of amides is 1. The second-order valence-electron chi connectivity index (χ2n) is 3.54. The number of rotatable bonds is 5. The van der Waals surface area contributed by atoms with Crippen LogP contribution in [0.4, 0.5) is 0 Å². The van der Waals surface area contributed by atoms with Gasteiger partial charge in [0.2, 0.25) is 0 Å². The molecule has 0 saturated carbocycles. The summed E-state index contributed by atoms with van der Waals surface area (Å²) in [5.41, 5.74) is 6.62. The van der Waals surface area contributed by atoms with Crippen molar-refractivity contribution in [3.05, 3.63) is 29.3 Å². The third-order valence-corrected chi connectivity index (χ3v) is 3.17. The second kappa shape index (κ2) is 7.15. The fraction of sp³-hybridized carbons (Fsp3) is 0.273. The molecule has 0 bridgehead atoms. The van der Waals surface area contributed by atoms with E-state index < -0.39 is 0 Å². The standard InChI is InChI=1S/C11H14N4OS.ClH/c12-4-2-5-13-11(16)9-7-8(14-15-9)10-3-1-6-17-10;/h1,3,6-7H,2,4-5,12H2,(H,13,16)(H,14,15);1H. The van der Waals surface area contributed by atoms with Crippen molar-refractivity contribution in [1.29, 1.82) is 0 Å². The van der Waals surface area contributed by atoms with Crippen LogP contribution >= 0.6 is 23.7 Å². The predicted molar refractivity (Wildman–Crippen MR) is 75.2 cm³/mol. The van der Waals surface area contributed by atoms with Crippen molar-refractivity contribution in [3.63, 3.8) is 0 Å². The number of carbonyl (C=O) groups excluding carboxylic acids is 1. The van der Waals surface area contributed by atoms with Gasteiger partial charge in [0, 0.05) is 6.54 Å². The monoisotopic (exact) mass is 286 g/mol. The second-order valence-corrected chi connectivity index (χ2v) is 4.49. The Labute approximate surface area is 115 Å². The summed E-state index contributed by atoms with van der Waals surface area (Å²) in [6, 6.07) is 5.69. The molecule has 0 saturated heterocycles. The van der Waals surface area contributed by atoms with Crippen LogP contribution in [0.3, 0.4) is 0 Å². The average molecular weight is 287 g/mol. The number of hydrogen-bond donors (Lipinski definition) is 3. The Bertz CT molecular complexity index is 483. The number of hydrogen-bond acceptors (Lipinski definition) is 4. The Morgan fingerprint density at radius 1 is 1.56 bits per heavy atom. The van der Waals surface area contributed by atoms with E-state index in [4.69, 9.17) is 5.73 Å². The average Bonchev–Trinajstić information content (AvgIpc) is 3.00. The molecule has 98 valence electrons. The van der Waals surface area contributed by atoms with Gasteiger partial charge in [-0.2, -0.15) is 5.10 Å². The lowest BCUT2D eigenvalue weighted by Gasteiger charge is -1.99. The van der Waals surface area contributed by atoms with E-state index in [1.165, 1.54) is 0 Å². The maximum atomic E-state index is 11.7. The molecule has 1 amide bonds. The van der Waals surface area contributed by atoms with E-state index in [2.05, 4.69) is 15.5 Å². The molecular weight excluding hydrogens is 272 g/mol. The molecule has 0 unspecified atom stereocenters. The first-order valence-corrected chi connectivity index (χ1v) is 6.27. The summed E-state index contributed by atoms with van der Waals surface area (Å²) in [5.74, 6) is -0.169. The zero-order valence-corrected chi connectivity index (χ0v) is 11.3. The number of nitrogens with zero attached hydrogens (tertiary/aromatic N) is 1. The normalized spacial score (nSPS) is 9.83. The minimum atomic E-state index is -0.169. The van der Waals surface area contributed by atoms with E-state index in [0.717, 1.165) is 17.0 Å². The zero-order valence-electron chi connectivity index (χ0n) is 9.68. The number of aromatic nitrogens is 2. The largest absolute Gasteiger partial charge is 0.351 e. The molecule has 0 atom stereocenters. The first-order valence-electron chi connectivity index (χ1n) is 5.39. The lowest BCUT2D eigenvalue weighted by molar-refractivity contribution is 0.0948. The van der Waals surface area contributed by atoms with E-state index in [-0.39, 0.29) is 18.3 Å². The van der Waals surface area contributed by atoms with Crippen LogP contribution in [0, 0.1) is 0 Å². The molecule has 5 nitrogen and oxygen atoms in total. The van der Waals surface area contributed by atoms with Crippen LogP contribution in [-0.2, 0) is 0 Å². The quantitative estimate of drug-likeness (QED) is 0.731. The summed E-state index contributed by atoms with van der Waals surface area (Å²) in [4.78, 5) is 12.7. The topological polar surface area (TPSA) is 83.8 Å². The van der Waals surface area contributed by atoms with Gasteiger partial charge < -0.3 is 11.1 Å². The fourth-order valence-corrected chi connectivity index (χ4v) is 2.08. The van der Waals surface area contributed by atoms with Gasteiger partial charge in [-0.3, -0.25) is 9.89 Å². The lowest BCUT2D eigenvalue weighted by Crippen LogP contribution is -2.26. The van der Waals surface area contributed by atoms with E-state index in [1.54, 1.807) is 17.4 Å². The highest BCUT2D eigenvalue weighted by molar-refractivity contribution is 7.13. The molecule has 0 spiro atoms. The van der Waals surface area contributed by atoms with Crippen LogP contribution in [0.1, 0.15) is 16.9 Å². The summed E-state index contributed by atoms with van der Waals surface area (Å²) in [6.45, 7) is 1.15. The minimum Gasteiger partial charge on any atom is -0.351 e. The molecule has 0 aliphatic carbocycles. The minimum absolute atomic E-state index is 0. The third kappa shape index (κ3) is 3.56. The number of nitrogens with one attached hydrogen (secondary N) is 2. The maximum Gasteiger partial charge on any atom is 0.271 e. The number of nitrogens with two attached hydrogens (primary N) is 1. The summed E-state index contributed by atoms with van der Waals surface area (Å²) in [5, 5.41) is 11.6. The molecule has 4 N–H and O–H groups in total. The predicted octanol–water partition coefficient (Wildman–Crippen LogP) is 1.64. The van der Waals surface area contributed by atoms with E-state index >= 15 is 0 Å². The van der Waals surface area contributed by atoms with Gasteiger partial charge in [0.25, 0.3) is 5.91 Å². The van der Waals surface area contributed by atoms with Gasteiger partial charge in [-0.25, -0.2) is 0 Å². The first-order chi connectivity index (χ1) is 8.31. The van der Waals surface area contributed by atoms with Crippen molar-refractivity contribution in [3.8, 4) is 10.6 Å². The molecule has 18 heavy (non-hydrogen) atoms. The van der Waals surface area contributed by atoms with Gasteiger partial charge >= 0.3 is 0 Å². The number of carbonyl (C=O) groups is 1. The van der Waals surface area contributed by atoms with Crippen molar-refractivity contribution >= 4 is 29.7 Å². The first kappa shape index (κ1) is 14.7. The zero-order chi connectivity index (χ0) is 12.1. The van der Waals surface area contributed by atoms with E-state index in [9.17, 15) is 4.79 Å². The molecule has 2 rings (SSSR count). The molecule has 0 aromatic carbocycles. The smallest absolute Gasteiger partial charge is 0.271 e. The van der Waals surface area contributed by atoms with Gasteiger partial charge in [-0.15, -0.1) is 23.7 Å². The number of halogens is 1. The van der Waals surface area contributed by atoms with Gasteiger partial charge in [-0.1, -0.05) is 6.07 Å². The van der Waals surface area contributed by atoms with Gasteiger partial charge in [0.15, 0.2) is 5.69 Å². The van der Waals surface area contributed by atoms with Gasteiger partial charge in [-0.05, 0) is 30.5 Å². The molecule has 7 heteroatoms. The summed E-state index contributed by atoms with van der Waals surface area (Å²) in [6.07, 6.45) is 0.772. The molecule has 0 fully saturated rings. The van der Waals surface area contributed by atoms with Crippen LogP contribution in [-0.4, -0.2) is 29.2 Å². The third-order valence-electron chi connectivity index (χ3n) is 2.26. The van der Waals surface area contributed by atoms with Crippen LogP contribution in [0.5, 0.6) is 0 Å². The van der Waals surface area contributed by atoms with Crippen LogP contribution in [0.2, 0.25) is 0 Å². The summed E-state index contributed by atoms with van der Waals surface area (Å²) in [7, 11) is 0. The summed E-state index contributed by atoms with van der Waals surface area (Å²) < 4.78 is 0. The van der Waals surface area contributed by atoms with Crippen molar-refractivity contribution < 1.29 is 4.79 Å². The Morgan fingerprint density at radius 3 is 3.06 bits per heavy atom. The number of thiophene rings is 1. The Morgan fingerprint density at radius 2 is 2.39 bits per heavy atom. The Balaban J connectivity index is 0.00000162. The van der Waals surface area contributed by atoms with Gasteiger partial charge in [0.1, 0.15) is 0 Å².